The zero-order valence-electron chi connectivity index (χ0n) is 10.9. The molecule has 1 aromatic carbocycles. The number of piperidine rings is 1. The molecule has 5 heteroatoms. The Morgan fingerprint density at radius 2 is 2.37 bits per heavy atom. The number of ether oxygens (including phenoxy) is 1. The van der Waals surface area contributed by atoms with Gasteiger partial charge in [-0.1, -0.05) is 11.6 Å². The minimum absolute atomic E-state index is 0.142. The van der Waals surface area contributed by atoms with Crippen LogP contribution in [-0.4, -0.2) is 36.9 Å². The molecule has 0 aromatic heterocycles. The van der Waals surface area contributed by atoms with Crippen molar-refractivity contribution in [2.24, 2.45) is 0 Å². The van der Waals surface area contributed by atoms with E-state index >= 15 is 0 Å². The van der Waals surface area contributed by atoms with E-state index in [1.54, 1.807) is 12.1 Å². The number of hydrogen-bond donors (Lipinski definition) is 1. The summed E-state index contributed by atoms with van der Waals surface area (Å²) in [6.45, 7) is 4.50. The summed E-state index contributed by atoms with van der Waals surface area (Å²) in [5.74, 6) is -0.998. The topological polar surface area (TPSA) is 49.8 Å². The summed E-state index contributed by atoms with van der Waals surface area (Å²) in [6.07, 6.45) is 2.39. The highest BCUT2D eigenvalue weighted by atomic mass is 35.5. The van der Waals surface area contributed by atoms with E-state index in [4.69, 9.17) is 21.4 Å². The Bertz CT molecular complexity index is 462. The highest BCUT2D eigenvalue weighted by Gasteiger charge is 2.21. The summed E-state index contributed by atoms with van der Waals surface area (Å²) in [5.41, 5.74) is 1.10. The molecule has 0 bridgehead atoms. The average molecular weight is 284 g/mol. The number of carboxylic acid groups (broad SMARTS) is 1. The molecule has 0 aliphatic carbocycles. The van der Waals surface area contributed by atoms with Gasteiger partial charge in [-0.25, -0.2) is 4.79 Å². The quantitative estimate of drug-likeness (QED) is 0.923. The van der Waals surface area contributed by atoms with Crippen LogP contribution in [0.4, 0.5) is 5.69 Å². The first-order valence-electron chi connectivity index (χ1n) is 6.51. The predicted octanol–water partition coefficient (Wildman–Crippen LogP) is 3.04. The Morgan fingerprint density at radius 3 is 3.00 bits per heavy atom. The normalized spacial score (nSPS) is 19.5. The van der Waals surface area contributed by atoms with Gasteiger partial charge in [0.1, 0.15) is 0 Å². The number of anilines is 1. The minimum atomic E-state index is -0.998. The molecule has 0 amide bonds. The smallest absolute Gasteiger partial charge is 0.337 e. The van der Waals surface area contributed by atoms with Crippen molar-refractivity contribution in [3.63, 3.8) is 0 Å². The summed E-state index contributed by atoms with van der Waals surface area (Å²) >= 11 is 6.00. The minimum Gasteiger partial charge on any atom is -0.478 e. The Labute approximate surface area is 117 Å². The third-order valence-electron chi connectivity index (χ3n) is 3.33. The Hall–Kier alpha value is -1.26. The lowest BCUT2D eigenvalue weighted by Gasteiger charge is -2.34. The maximum Gasteiger partial charge on any atom is 0.337 e. The van der Waals surface area contributed by atoms with Crippen molar-refractivity contribution in [1.29, 1.82) is 0 Å². The summed E-state index contributed by atoms with van der Waals surface area (Å²) in [5, 5.41) is 9.24. The molecule has 1 saturated heterocycles. The predicted molar refractivity (Wildman–Crippen MR) is 75.3 cm³/mol. The lowest BCUT2D eigenvalue weighted by atomic mass is 10.1. The molecule has 19 heavy (non-hydrogen) atoms. The van der Waals surface area contributed by atoms with Gasteiger partial charge in [-0.2, -0.15) is 0 Å². The molecule has 0 saturated carbocycles. The lowest BCUT2D eigenvalue weighted by molar-refractivity contribution is 0.0526. The van der Waals surface area contributed by atoms with Crippen LogP contribution in [0.2, 0.25) is 5.02 Å². The number of carboxylic acids is 1. The number of carbonyl (C=O) groups is 1. The van der Waals surface area contributed by atoms with Gasteiger partial charge in [0.25, 0.3) is 0 Å². The highest BCUT2D eigenvalue weighted by molar-refractivity contribution is 6.33. The Morgan fingerprint density at radius 1 is 1.58 bits per heavy atom. The molecule has 0 radical (unpaired) electrons. The van der Waals surface area contributed by atoms with Gasteiger partial charge in [-0.3, -0.25) is 0 Å². The van der Waals surface area contributed by atoms with E-state index in [1.807, 2.05) is 13.0 Å². The number of rotatable bonds is 4. The van der Waals surface area contributed by atoms with Crippen molar-refractivity contribution in [2.75, 3.05) is 24.6 Å². The first-order valence-corrected chi connectivity index (χ1v) is 6.89. The van der Waals surface area contributed by atoms with Gasteiger partial charge in [-0.15, -0.1) is 0 Å². The van der Waals surface area contributed by atoms with E-state index in [-0.39, 0.29) is 16.7 Å². The lowest BCUT2D eigenvalue weighted by Crippen LogP contribution is -2.39. The van der Waals surface area contributed by atoms with Gasteiger partial charge in [0.15, 0.2) is 0 Å². The molecule has 1 N–H and O–H groups in total. The number of aromatic carboxylic acids is 1. The standard InChI is InChI=1S/C14H18ClNO3/c1-2-19-11-4-3-7-16(9-11)10-5-6-12(14(17)18)13(15)8-10/h5-6,8,11H,2-4,7,9H2,1H3,(H,17,18). The van der Waals surface area contributed by atoms with E-state index in [0.717, 1.165) is 38.2 Å². The van der Waals surface area contributed by atoms with Gasteiger partial charge < -0.3 is 14.7 Å². The molecule has 1 heterocycles. The van der Waals surface area contributed by atoms with Gasteiger partial charge >= 0.3 is 5.97 Å². The third-order valence-corrected chi connectivity index (χ3v) is 3.64. The van der Waals surface area contributed by atoms with E-state index in [1.165, 1.54) is 0 Å². The Kier molecular flexibility index (Phi) is 4.66. The third kappa shape index (κ3) is 3.39. The molecule has 1 fully saturated rings. The van der Waals surface area contributed by atoms with E-state index in [9.17, 15) is 4.79 Å². The van der Waals surface area contributed by atoms with Crippen LogP contribution in [0.5, 0.6) is 0 Å². The zero-order chi connectivity index (χ0) is 13.8. The molecule has 1 atom stereocenters. The average Bonchev–Trinajstić information content (AvgIpc) is 2.39. The number of nitrogens with zero attached hydrogens (tertiary/aromatic N) is 1. The van der Waals surface area contributed by atoms with Crippen molar-refractivity contribution in [3.8, 4) is 0 Å². The molecular weight excluding hydrogens is 266 g/mol. The van der Waals surface area contributed by atoms with Gasteiger partial charge in [0.05, 0.1) is 16.7 Å². The van der Waals surface area contributed by atoms with E-state index in [0.29, 0.717) is 0 Å². The van der Waals surface area contributed by atoms with E-state index in [2.05, 4.69) is 4.90 Å². The van der Waals surface area contributed by atoms with Crippen LogP contribution in [0.25, 0.3) is 0 Å². The number of benzene rings is 1. The molecule has 2 rings (SSSR count). The maximum absolute atomic E-state index is 10.9. The summed E-state index contributed by atoms with van der Waals surface area (Å²) in [4.78, 5) is 13.1. The van der Waals surface area contributed by atoms with E-state index < -0.39 is 5.97 Å². The molecule has 1 aliphatic rings. The first-order chi connectivity index (χ1) is 9.11. The van der Waals surface area contributed by atoms with Crippen molar-refractivity contribution < 1.29 is 14.6 Å². The zero-order valence-corrected chi connectivity index (χ0v) is 11.7. The first kappa shape index (κ1) is 14.2. The van der Waals surface area contributed by atoms with Gasteiger partial charge in [0, 0.05) is 25.4 Å². The largest absolute Gasteiger partial charge is 0.478 e. The van der Waals surface area contributed by atoms with Gasteiger partial charge in [-0.05, 0) is 38.0 Å². The van der Waals surface area contributed by atoms with Crippen LogP contribution in [-0.2, 0) is 4.74 Å². The molecular formula is C14H18ClNO3. The fraction of sp³-hybridized carbons (Fsp3) is 0.500. The molecule has 1 aromatic rings. The van der Waals surface area contributed by atoms with Crippen molar-refractivity contribution >= 4 is 23.3 Å². The monoisotopic (exact) mass is 283 g/mol. The number of hydrogen-bond acceptors (Lipinski definition) is 3. The molecule has 0 spiro atoms. The highest BCUT2D eigenvalue weighted by Crippen LogP contribution is 2.26. The number of halogens is 1. The molecule has 4 nitrogen and oxygen atoms in total. The summed E-state index contributed by atoms with van der Waals surface area (Å²) < 4.78 is 5.66. The SMILES string of the molecule is CCOC1CCCN(c2ccc(C(=O)O)c(Cl)c2)C1. The fourth-order valence-corrected chi connectivity index (χ4v) is 2.67. The second kappa shape index (κ2) is 6.26. The van der Waals surface area contributed by atoms with Gasteiger partial charge in [0.2, 0.25) is 0 Å². The van der Waals surface area contributed by atoms with Crippen LogP contribution in [0.15, 0.2) is 18.2 Å². The molecule has 1 aliphatic heterocycles. The molecule has 1 unspecified atom stereocenters. The second-order valence-electron chi connectivity index (χ2n) is 4.63. The van der Waals surface area contributed by atoms with Crippen LogP contribution in [0, 0.1) is 0 Å². The summed E-state index contributed by atoms with van der Waals surface area (Å²) in [7, 11) is 0. The van der Waals surface area contributed by atoms with Crippen molar-refractivity contribution in [2.45, 2.75) is 25.9 Å². The second-order valence-corrected chi connectivity index (χ2v) is 5.04. The van der Waals surface area contributed by atoms with Crippen LogP contribution in [0.3, 0.4) is 0 Å². The van der Waals surface area contributed by atoms with Crippen LogP contribution >= 0.6 is 11.6 Å². The van der Waals surface area contributed by atoms with Crippen molar-refractivity contribution in [1.82, 2.24) is 0 Å². The maximum atomic E-state index is 10.9. The van der Waals surface area contributed by atoms with Crippen LogP contribution < -0.4 is 4.90 Å². The fourth-order valence-electron chi connectivity index (χ4n) is 2.42. The molecule has 104 valence electrons. The van der Waals surface area contributed by atoms with Crippen molar-refractivity contribution in [3.05, 3.63) is 28.8 Å². The summed E-state index contributed by atoms with van der Waals surface area (Å²) in [6, 6.07) is 5.09. The Balaban J connectivity index is 2.13. The van der Waals surface area contributed by atoms with Crippen LogP contribution in [0.1, 0.15) is 30.1 Å².